The zero-order valence-electron chi connectivity index (χ0n) is 17.7. The summed E-state index contributed by atoms with van der Waals surface area (Å²) in [5.74, 6) is -1.04. The Labute approximate surface area is 191 Å². The number of anilines is 1. The summed E-state index contributed by atoms with van der Waals surface area (Å²) in [6.07, 6.45) is 0. The molecule has 4 aromatic rings. The number of esters is 1. The highest BCUT2D eigenvalue weighted by molar-refractivity contribution is 6.31. The fraction of sp³-hybridized carbons (Fsp3) is 0.115. The van der Waals surface area contributed by atoms with Gasteiger partial charge in [-0.05, 0) is 43.7 Å². The first-order valence-electron chi connectivity index (χ1n) is 10.1. The van der Waals surface area contributed by atoms with Gasteiger partial charge in [-0.15, -0.1) is 0 Å². The Morgan fingerprint density at radius 2 is 1.72 bits per heavy atom. The minimum absolute atomic E-state index is 0.359. The van der Waals surface area contributed by atoms with E-state index in [4.69, 9.17) is 16.3 Å². The predicted octanol–water partition coefficient (Wildman–Crippen LogP) is 5.97. The van der Waals surface area contributed by atoms with Crippen LogP contribution in [0.4, 0.5) is 5.69 Å². The van der Waals surface area contributed by atoms with Gasteiger partial charge in [0, 0.05) is 21.7 Å². The third-order valence-corrected chi connectivity index (χ3v) is 5.48. The number of nitrogens with one attached hydrogen (secondary N) is 1. The molecule has 0 radical (unpaired) electrons. The number of nitrogens with zero attached hydrogens (tertiary/aromatic N) is 1. The number of benzene rings is 3. The molecule has 1 heterocycles. The molecule has 6 heteroatoms. The van der Waals surface area contributed by atoms with Gasteiger partial charge in [-0.3, -0.25) is 4.79 Å². The van der Waals surface area contributed by atoms with Crippen molar-refractivity contribution in [3.8, 4) is 11.3 Å². The number of ether oxygens (including phenoxy) is 1. The van der Waals surface area contributed by atoms with E-state index in [2.05, 4.69) is 10.3 Å². The topological polar surface area (TPSA) is 68.3 Å². The molecule has 160 valence electrons. The van der Waals surface area contributed by atoms with Crippen LogP contribution in [0.5, 0.6) is 0 Å². The standard InChI is InChI=1S/C26H21ClN2O3/c1-16-7-10-18(11-8-16)24-14-21(20-5-3-4-6-23(20)29-24)26(31)32-15-25(30)28-19-12-9-17(2)22(27)13-19/h3-14H,15H2,1-2H3,(H,28,30). The molecule has 1 aromatic heterocycles. The molecule has 4 rings (SSSR count). The minimum atomic E-state index is -0.589. The zero-order valence-corrected chi connectivity index (χ0v) is 18.4. The van der Waals surface area contributed by atoms with Gasteiger partial charge < -0.3 is 10.1 Å². The van der Waals surface area contributed by atoms with Gasteiger partial charge in [-0.2, -0.15) is 0 Å². The van der Waals surface area contributed by atoms with Crippen molar-refractivity contribution in [3.05, 3.63) is 94.5 Å². The number of fused-ring (bicyclic) bond motifs is 1. The molecule has 0 saturated heterocycles. The van der Waals surface area contributed by atoms with E-state index in [9.17, 15) is 9.59 Å². The summed E-state index contributed by atoms with van der Waals surface area (Å²) in [6, 6.07) is 22.2. The smallest absolute Gasteiger partial charge is 0.339 e. The van der Waals surface area contributed by atoms with Crippen LogP contribution in [-0.2, 0) is 9.53 Å². The molecule has 5 nitrogen and oxygen atoms in total. The molecule has 0 bridgehead atoms. The van der Waals surface area contributed by atoms with Gasteiger partial charge in [-0.25, -0.2) is 9.78 Å². The van der Waals surface area contributed by atoms with Gasteiger partial charge >= 0.3 is 5.97 Å². The van der Waals surface area contributed by atoms with Crippen LogP contribution in [0.25, 0.3) is 22.2 Å². The highest BCUT2D eigenvalue weighted by atomic mass is 35.5. The fourth-order valence-corrected chi connectivity index (χ4v) is 3.47. The lowest BCUT2D eigenvalue weighted by Crippen LogP contribution is -2.21. The number of amides is 1. The van der Waals surface area contributed by atoms with E-state index < -0.39 is 18.5 Å². The summed E-state index contributed by atoms with van der Waals surface area (Å²) in [4.78, 5) is 29.9. The van der Waals surface area contributed by atoms with Crippen LogP contribution in [0.15, 0.2) is 72.8 Å². The van der Waals surface area contributed by atoms with Crippen LogP contribution in [0.3, 0.4) is 0 Å². The van der Waals surface area contributed by atoms with E-state index in [0.29, 0.717) is 32.9 Å². The average molecular weight is 445 g/mol. The van der Waals surface area contributed by atoms with Crippen LogP contribution >= 0.6 is 11.6 Å². The van der Waals surface area contributed by atoms with E-state index >= 15 is 0 Å². The largest absolute Gasteiger partial charge is 0.452 e. The van der Waals surface area contributed by atoms with E-state index in [0.717, 1.165) is 16.7 Å². The number of aromatic nitrogens is 1. The summed E-state index contributed by atoms with van der Waals surface area (Å²) in [6.45, 7) is 3.47. The van der Waals surface area contributed by atoms with Crippen LogP contribution in [-0.4, -0.2) is 23.5 Å². The van der Waals surface area contributed by atoms with Gasteiger partial charge in [0.1, 0.15) is 0 Å². The Morgan fingerprint density at radius 3 is 2.47 bits per heavy atom. The average Bonchev–Trinajstić information content (AvgIpc) is 2.79. The molecule has 1 N–H and O–H groups in total. The highest BCUT2D eigenvalue weighted by Crippen LogP contribution is 2.26. The predicted molar refractivity (Wildman–Crippen MR) is 127 cm³/mol. The Kier molecular flexibility index (Phi) is 6.19. The van der Waals surface area contributed by atoms with Crippen LogP contribution in [0.1, 0.15) is 21.5 Å². The second-order valence-electron chi connectivity index (χ2n) is 7.53. The van der Waals surface area contributed by atoms with Crippen molar-refractivity contribution in [1.82, 2.24) is 4.98 Å². The molecule has 0 fully saturated rings. The number of rotatable bonds is 5. The molecule has 1 amide bonds. The lowest BCUT2D eigenvalue weighted by atomic mass is 10.0. The zero-order chi connectivity index (χ0) is 22.7. The van der Waals surface area contributed by atoms with Gasteiger partial charge in [0.25, 0.3) is 5.91 Å². The third-order valence-electron chi connectivity index (χ3n) is 5.07. The number of hydrogen-bond donors (Lipinski definition) is 1. The van der Waals surface area contributed by atoms with Crippen LogP contribution in [0, 0.1) is 13.8 Å². The second kappa shape index (κ2) is 9.20. The molecular weight excluding hydrogens is 424 g/mol. The maximum atomic E-state index is 12.9. The van der Waals surface area contributed by atoms with Gasteiger partial charge in [0.2, 0.25) is 0 Å². The minimum Gasteiger partial charge on any atom is -0.452 e. The van der Waals surface area contributed by atoms with Crippen molar-refractivity contribution in [2.24, 2.45) is 0 Å². The van der Waals surface area contributed by atoms with Crippen molar-refractivity contribution in [3.63, 3.8) is 0 Å². The van der Waals surface area contributed by atoms with Crippen molar-refractivity contribution in [2.45, 2.75) is 13.8 Å². The monoisotopic (exact) mass is 444 g/mol. The van der Waals surface area contributed by atoms with E-state index in [1.165, 1.54) is 0 Å². The third kappa shape index (κ3) is 4.79. The van der Waals surface area contributed by atoms with Gasteiger partial charge in [-0.1, -0.05) is 65.7 Å². The summed E-state index contributed by atoms with van der Waals surface area (Å²) >= 11 is 6.09. The molecule has 0 spiro atoms. The quantitative estimate of drug-likeness (QED) is 0.385. The van der Waals surface area contributed by atoms with Crippen molar-refractivity contribution < 1.29 is 14.3 Å². The Hall–Kier alpha value is -3.70. The number of carbonyl (C=O) groups excluding carboxylic acids is 2. The number of para-hydroxylation sites is 1. The molecule has 0 unspecified atom stereocenters. The number of aryl methyl sites for hydroxylation is 2. The van der Waals surface area contributed by atoms with Gasteiger partial charge in [0.05, 0.1) is 16.8 Å². The molecule has 0 saturated carbocycles. The molecular formula is C26H21ClN2O3. The molecule has 0 aliphatic carbocycles. The summed E-state index contributed by atoms with van der Waals surface area (Å²) < 4.78 is 5.32. The number of hydrogen-bond acceptors (Lipinski definition) is 4. The molecule has 0 aliphatic heterocycles. The maximum Gasteiger partial charge on any atom is 0.339 e. The Morgan fingerprint density at radius 1 is 0.969 bits per heavy atom. The SMILES string of the molecule is Cc1ccc(-c2cc(C(=O)OCC(=O)Nc3ccc(C)c(Cl)c3)c3ccccc3n2)cc1. The first-order chi connectivity index (χ1) is 15.4. The Balaban J connectivity index is 1.55. The second-order valence-corrected chi connectivity index (χ2v) is 7.93. The molecule has 0 atom stereocenters. The van der Waals surface area contributed by atoms with Crippen molar-refractivity contribution in [2.75, 3.05) is 11.9 Å². The maximum absolute atomic E-state index is 12.9. The molecule has 0 aliphatic rings. The number of carbonyl (C=O) groups is 2. The van der Waals surface area contributed by atoms with Gasteiger partial charge in [0.15, 0.2) is 6.61 Å². The lowest BCUT2D eigenvalue weighted by molar-refractivity contribution is -0.119. The normalized spacial score (nSPS) is 10.7. The van der Waals surface area contributed by atoms with E-state index in [-0.39, 0.29) is 0 Å². The summed E-state index contributed by atoms with van der Waals surface area (Å²) in [5, 5.41) is 3.90. The molecule has 32 heavy (non-hydrogen) atoms. The lowest BCUT2D eigenvalue weighted by Gasteiger charge is -2.11. The van der Waals surface area contributed by atoms with Crippen molar-refractivity contribution in [1.29, 1.82) is 0 Å². The fourth-order valence-electron chi connectivity index (χ4n) is 3.29. The highest BCUT2D eigenvalue weighted by Gasteiger charge is 2.17. The summed E-state index contributed by atoms with van der Waals surface area (Å²) in [5.41, 5.74) is 5.17. The Bertz CT molecular complexity index is 1320. The summed E-state index contributed by atoms with van der Waals surface area (Å²) in [7, 11) is 0. The number of halogens is 1. The van der Waals surface area contributed by atoms with Crippen LogP contribution in [0.2, 0.25) is 5.02 Å². The van der Waals surface area contributed by atoms with E-state index in [1.54, 1.807) is 24.3 Å². The van der Waals surface area contributed by atoms with Crippen LogP contribution < -0.4 is 5.32 Å². The first-order valence-corrected chi connectivity index (χ1v) is 10.5. The molecule has 3 aromatic carbocycles. The number of pyridine rings is 1. The first kappa shape index (κ1) is 21.5. The van der Waals surface area contributed by atoms with Crippen molar-refractivity contribution >= 4 is 40.1 Å². The van der Waals surface area contributed by atoms with E-state index in [1.807, 2.05) is 62.4 Å².